The molecule has 96 valence electrons. The van der Waals surface area contributed by atoms with E-state index in [-0.39, 0.29) is 5.75 Å². The van der Waals surface area contributed by atoms with Gasteiger partial charge in [-0.1, -0.05) is 19.9 Å². The van der Waals surface area contributed by atoms with Gasteiger partial charge in [0.05, 0.1) is 0 Å². The molecule has 1 aromatic heterocycles. The number of hydrogen-bond acceptors (Lipinski definition) is 3. The third kappa shape index (κ3) is 3.13. The molecule has 0 aliphatic carbocycles. The highest BCUT2D eigenvalue weighted by Crippen LogP contribution is 2.25. The van der Waals surface area contributed by atoms with Crippen LogP contribution in [0.15, 0.2) is 30.5 Å². The monoisotopic (exact) mass is 244 g/mol. The van der Waals surface area contributed by atoms with Gasteiger partial charge >= 0.3 is 0 Å². The Morgan fingerprint density at radius 1 is 1.28 bits per heavy atom. The van der Waals surface area contributed by atoms with Crippen LogP contribution in [0.3, 0.4) is 0 Å². The number of phenolic OH excluding ortho intramolecular Hbond substituents is 1. The summed E-state index contributed by atoms with van der Waals surface area (Å²) >= 11 is 0. The third-order valence-electron chi connectivity index (χ3n) is 3.00. The van der Waals surface area contributed by atoms with Crippen LogP contribution in [0.1, 0.15) is 26.7 Å². The van der Waals surface area contributed by atoms with E-state index >= 15 is 0 Å². The first-order valence-corrected chi connectivity index (χ1v) is 6.48. The lowest BCUT2D eigenvalue weighted by Gasteiger charge is -2.09. The molecule has 3 nitrogen and oxygen atoms in total. The van der Waals surface area contributed by atoms with Crippen molar-refractivity contribution in [1.29, 1.82) is 0 Å². The molecule has 2 aromatic rings. The Kier molecular flexibility index (Phi) is 4.03. The lowest BCUT2D eigenvalue weighted by Crippen LogP contribution is -2.04. The topological polar surface area (TPSA) is 45.2 Å². The summed E-state index contributed by atoms with van der Waals surface area (Å²) in [6.07, 6.45) is 4.14. The second-order valence-electron chi connectivity index (χ2n) is 5.03. The Balaban J connectivity index is 2.10. The summed E-state index contributed by atoms with van der Waals surface area (Å²) < 4.78 is 0. The zero-order chi connectivity index (χ0) is 13.0. The molecule has 0 unspecified atom stereocenters. The second-order valence-corrected chi connectivity index (χ2v) is 5.03. The first-order chi connectivity index (χ1) is 8.66. The van der Waals surface area contributed by atoms with Gasteiger partial charge in [0.15, 0.2) is 0 Å². The van der Waals surface area contributed by atoms with E-state index in [1.54, 1.807) is 18.3 Å². The molecular formula is C15H20N2O. The second kappa shape index (κ2) is 5.71. The molecule has 1 heterocycles. The van der Waals surface area contributed by atoms with Crippen molar-refractivity contribution in [1.82, 2.24) is 4.98 Å². The number of aromatic hydroxyl groups is 1. The molecule has 0 aliphatic rings. The normalized spacial score (nSPS) is 11.1. The van der Waals surface area contributed by atoms with Crippen molar-refractivity contribution < 1.29 is 5.11 Å². The number of nitrogens with zero attached hydrogens (tertiary/aromatic N) is 1. The number of anilines is 1. The molecule has 0 amide bonds. The van der Waals surface area contributed by atoms with Crippen LogP contribution < -0.4 is 5.32 Å². The van der Waals surface area contributed by atoms with Gasteiger partial charge in [-0.2, -0.15) is 0 Å². The van der Waals surface area contributed by atoms with Crippen molar-refractivity contribution in [3.8, 4) is 5.75 Å². The van der Waals surface area contributed by atoms with Crippen LogP contribution in [0.2, 0.25) is 0 Å². The van der Waals surface area contributed by atoms with Gasteiger partial charge in [-0.05, 0) is 42.3 Å². The lowest BCUT2D eigenvalue weighted by molar-refractivity contribution is 0.476. The third-order valence-corrected chi connectivity index (χ3v) is 3.00. The van der Waals surface area contributed by atoms with E-state index in [1.807, 2.05) is 12.1 Å². The van der Waals surface area contributed by atoms with Gasteiger partial charge in [-0.3, -0.25) is 0 Å². The zero-order valence-corrected chi connectivity index (χ0v) is 11.0. The first kappa shape index (κ1) is 12.7. The van der Waals surface area contributed by atoms with E-state index in [1.165, 1.54) is 6.42 Å². The molecule has 18 heavy (non-hydrogen) atoms. The van der Waals surface area contributed by atoms with E-state index in [2.05, 4.69) is 24.1 Å². The molecule has 3 heteroatoms. The standard InChI is InChI=1S/C15H20N2O/c1-11(2)4-3-8-16-15-14-10-13(18)6-5-12(14)7-9-17-15/h5-7,9-11,18H,3-4,8H2,1-2H3,(H,16,17). The Bertz CT molecular complexity index is 523. The number of nitrogens with one attached hydrogen (secondary N) is 1. The van der Waals surface area contributed by atoms with Crippen LogP contribution in [0.5, 0.6) is 5.75 Å². The highest BCUT2D eigenvalue weighted by Gasteiger charge is 2.03. The minimum atomic E-state index is 0.278. The largest absolute Gasteiger partial charge is 0.508 e. The SMILES string of the molecule is CC(C)CCCNc1nccc2ccc(O)cc12. The molecule has 0 bridgehead atoms. The zero-order valence-electron chi connectivity index (χ0n) is 11.0. The number of hydrogen-bond donors (Lipinski definition) is 2. The number of benzene rings is 1. The van der Waals surface area contributed by atoms with Crippen LogP contribution in [-0.2, 0) is 0 Å². The molecule has 0 fully saturated rings. The van der Waals surface area contributed by atoms with Crippen molar-refractivity contribution in [2.75, 3.05) is 11.9 Å². The van der Waals surface area contributed by atoms with Crippen molar-refractivity contribution in [2.45, 2.75) is 26.7 Å². The molecule has 0 spiro atoms. The van der Waals surface area contributed by atoms with E-state index in [4.69, 9.17) is 0 Å². The van der Waals surface area contributed by atoms with Crippen molar-refractivity contribution in [2.24, 2.45) is 5.92 Å². The molecule has 0 saturated carbocycles. The summed E-state index contributed by atoms with van der Waals surface area (Å²) in [5, 5.41) is 15.0. The molecule has 1 aromatic carbocycles. The molecule has 0 saturated heterocycles. The number of phenols is 1. The van der Waals surface area contributed by atoms with Gasteiger partial charge in [0.2, 0.25) is 0 Å². The smallest absolute Gasteiger partial charge is 0.133 e. The maximum absolute atomic E-state index is 9.54. The fourth-order valence-corrected chi connectivity index (χ4v) is 2.01. The Hall–Kier alpha value is -1.77. The summed E-state index contributed by atoms with van der Waals surface area (Å²) in [4.78, 5) is 4.34. The lowest BCUT2D eigenvalue weighted by atomic mass is 10.1. The number of aromatic nitrogens is 1. The molecule has 0 radical (unpaired) electrons. The van der Waals surface area contributed by atoms with Gasteiger partial charge < -0.3 is 10.4 Å². The van der Waals surface area contributed by atoms with Crippen molar-refractivity contribution in [3.05, 3.63) is 30.5 Å². The highest BCUT2D eigenvalue weighted by atomic mass is 16.3. The van der Waals surface area contributed by atoms with E-state index < -0.39 is 0 Å². The van der Waals surface area contributed by atoms with Crippen LogP contribution in [0, 0.1) is 5.92 Å². The van der Waals surface area contributed by atoms with Crippen molar-refractivity contribution in [3.63, 3.8) is 0 Å². The predicted octanol–water partition coefficient (Wildman–Crippen LogP) is 3.79. The quantitative estimate of drug-likeness (QED) is 0.786. The summed E-state index contributed by atoms with van der Waals surface area (Å²) in [6.45, 7) is 5.38. The van der Waals surface area contributed by atoms with Gasteiger partial charge in [0.25, 0.3) is 0 Å². The molecule has 2 rings (SSSR count). The number of pyridine rings is 1. The van der Waals surface area contributed by atoms with Gasteiger partial charge in [0.1, 0.15) is 11.6 Å². The molecular weight excluding hydrogens is 224 g/mol. The van der Waals surface area contributed by atoms with Crippen LogP contribution in [-0.4, -0.2) is 16.6 Å². The summed E-state index contributed by atoms with van der Waals surface area (Å²) in [6, 6.07) is 7.32. The summed E-state index contributed by atoms with van der Waals surface area (Å²) in [5.41, 5.74) is 0. The Morgan fingerprint density at radius 3 is 2.89 bits per heavy atom. The fourth-order valence-electron chi connectivity index (χ4n) is 2.01. The van der Waals surface area contributed by atoms with Gasteiger partial charge in [0, 0.05) is 18.1 Å². The van der Waals surface area contributed by atoms with E-state index in [0.29, 0.717) is 0 Å². The highest BCUT2D eigenvalue weighted by molar-refractivity contribution is 5.92. The van der Waals surface area contributed by atoms with Crippen molar-refractivity contribution >= 4 is 16.6 Å². The minimum absolute atomic E-state index is 0.278. The predicted molar refractivity (Wildman–Crippen MR) is 76.0 cm³/mol. The summed E-state index contributed by atoms with van der Waals surface area (Å²) in [5.74, 6) is 1.87. The van der Waals surface area contributed by atoms with Gasteiger partial charge in [-0.25, -0.2) is 4.98 Å². The van der Waals surface area contributed by atoms with Gasteiger partial charge in [-0.15, -0.1) is 0 Å². The van der Waals surface area contributed by atoms with Crippen LogP contribution >= 0.6 is 0 Å². The fraction of sp³-hybridized carbons (Fsp3) is 0.400. The maximum Gasteiger partial charge on any atom is 0.133 e. The van der Waals surface area contributed by atoms with Crippen LogP contribution in [0.4, 0.5) is 5.82 Å². The minimum Gasteiger partial charge on any atom is -0.508 e. The maximum atomic E-state index is 9.54. The number of rotatable bonds is 5. The average Bonchev–Trinajstić information content (AvgIpc) is 2.34. The Morgan fingerprint density at radius 2 is 2.11 bits per heavy atom. The average molecular weight is 244 g/mol. The summed E-state index contributed by atoms with van der Waals surface area (Å²) in [7, 11) is 0. The Labute approximate surface area is 108 Å². The molecule has 2 N–H and O–H groups in total. The molecule has 0 aliphatic heterocycles. The first-order valence-electron chi connectivity index (χ1n) is 6.48. The van der Waals surface area contributed by atoms with Crippen LogP contribution in [0.25, 0.3) is 10.8 Å². The van der Waals surface area contributed by atoms with E-state index in [0.717, 1.165) is 35.5 Å². The number of fused-ring (bicyclic) bond motifs is 1. The molecule has 0 atom stereocenters. The van der Waals surface area contributed by atoms with E-state index in [9.17, 15) is 5.11 Å².